The third-order valence-electron chi connectivity index (χ3n) is 2.15. The first-order valence-corrected chi connectivity index (χ1v) is 5.60. The SMILES string of the molecule is N#Cc1ccc(Nc2ccc(Br)cc2)cc1. The number of hydrogen-bond acceptors (Lipinski definition) is 2. The van der Waals surface area contributed by atoms with Gasteiger partial charge in [-0.25, -0.2) is 0 Å². The average Bonchev–Trinajstić information content (AvgIpc) is 2.33. The number of halogens is 1. The molecule has 2 aromatic carbocycles. The van der Waals surface area contributed by atoms with Gasteiger partial charge in [-0.05, 0) is 48.5 Å². The maximum atomic E-state index is 8.67. The lowest BCUT2D eigenvalue weighted by atomic mass is 10.2. The van der Waals surface area contributed by atoms with Crippen molar-refractivity contribution in [1.82, 2.24) is 0 Å². The number of anilines is 2. The van der Waals surface area contributed by atoms with Crippen LogP contribution in [0.15, 0.2) is 53.0 Å². The largest absolute Gasteiger partial charge is 0.356 e. The third-order valence-corrected chi connectivity index (χ3v) is 2.68. The summed E-state index contributed by atoms with van der Waals surface area (Å²) >= 11 is 3.39. The lowest BCUT2D eigenvalue weighted by Gasteiger charge is -2.06. The smallest absolute Gasteiger partial charge is 0.0991 e. The second-order valence-electron chi connectivity index (χ2n) is 3.32. The Labute approximate surface area is 103 Å². The molecule has 0 unspecified atom stereocenters. The Bertz CT molecular complexity index is 509. The van der Waals surface area contributed by atoms with E-state index in [-0.39, 0.29) is 0 Å². The quantitative estimate of drug-likeness (QED) is 0.895. The molecule has 2 nitrogen and oxygen atoms in total. The van der Waals surface area contributed by atoms with Crippen molar-refractivity contribution in [3.05, 3.63) is 58.6 Å². The Balaban J connectivity index is 2.15. The summed E-state index contributed by atoms with van der Waals surface area (Å²) < 4.78 is 1.05. The fourth-order valence-electron chi connectivity index (χ4n) is 1.33. The summed E-state index contributed by atoms with van der Waals surface area (Å²) in [6.45, 7) is 0. The van der Waals surface area contributed by atoms with Crippen molar-refractivity contribution in [3.63, 3.8) is 0 Å². The van der Waals surface area contributed by atoms with Crippen molar-refractivity contribution in [2.75, 3.05) is 5.32 Å². The van der Waals surface area contributed by atoms with Gasteiger partial charge in [0.25, 0.3) is 0 Å². The van der Waals surface area contributed by atoms with Crippen LogP contribution in [0.4, 0.5) is 11.4 Å². The monoisotopic (exact) mass is 272 g/mol. The molecule has 16 heavy (non-hydrogen) atoms. The first-order valence-electron chi connectivity index (χ1n) is 4.81. The van der Waals surface area contributed by atoms with Gasteiger partial charge in [-0.1, -0.05) is 15.9 Å². The Morgan fingerprint density at radius 2 is 1.38 bits per heavy atom. The van der Waals surface area contributed by atoms with Gasteiger partial charge in [0.05, 0.1) is 11.6 Å². The third kappa shape index (κ3) is 2.62. The van der Waals surface area contributed by atoms with E-state index in [0.29, 0.717) is 5.56 Å². The summed E-state index contributed by atoms with van der Waals surface area (Å²) in [7, 11) is 0. The molecule has 0 aromatic heterocycles. The number of hydrogen-bond donors (Lipinski definition) is 1. The van der Waals surface area contributed by atoms with Gasteiger partial charge in [0.2, 0.25) is 0 Å². The second kappa shape index (κ2) is 4.82. The van der Waals surface area contributed by atoms with Gasteiger partial charge >= 0.3 is 0 Å². The molecule has 0 radical (unpaired) electrons. The molecule has 0 heterocycles. The molecule has 0 amide bonds. The Morgan fingerprint density at radius 1 is 0.875 bits per heavy atom. The molecule has 1 N–H and O–H groups in total. The summed E-state index contributed by atoms with van der Waals surface area (Å²) in [6.07, 6.45) is 0. The van der Waals surface area contributed by atoms with E-state index in [4.69, 9.17) is 5.26 Å². The van der Waals surface area contributed by atoms with E-state index >= 15 is 0 Å². The molecule has 78 valence electrons. The summed E-state index contributed by atoms with van der Waals surface area (Å²) in [6, 6.07) is 17.4. The molecule has 0 saturated heterocycles. The molecule has 0 aliphatic carbocycles. The fraction of sp³-hybridized carbons (Fsp3) is 0. The Hall–Kier alpha value is -1.79. The Morgan fingerprint density at radius 3 is 1.88 bits per heavy atom. The number of nitrogens with zero attached hydrogens (tertiary/aromatic N) is 1. The van der Waals surface area contributed by atoms with Crippen molar-refractivity contribution >= 4 is 27.3 Å². The molecule has 3 heteroatoms. The van der Waals surface area contributed by atoms with Gasteiger partial charge in [-0.3, -0.25) is 0 Å². The van der Waals surface area contributed by atoms with Gasteiger partial charge in [-0.15, -0.1) is 0 Å². The van der Waals surface area contributed by atoms with Crippen molar-refractivity contribution < 1.29 is 0 Å². The van der Waals surface area contributed by atoms with Crippen molar-refractivity contribution in [2.24, 2.45) is 0 Å². The predicted octanol–water partition coefficient (Wildman–Crippen LogP) is 4.06. The zero-order chi connectivity index (χ0) is 11.4. The summed E-state index contributed by atoms with van der Waals surface area (Å²) in [5.41, 5.74) is 2.66. The highest BCUT2D eigenvalue weighted by Gasteiger charge is 1.95. The van der Waals surface area contributed by atoms with Crippen LogP contribution in [0.1, 0.15) is 5.56 Å². The van der Waals surface area contributed by atoms with E-state index in [1.807, 2.05) is 36.4 Å². The van der Waals surface area contributed by atoms with Gasteiger partial charge < -0.3 is 5.32 Å². The average molecular weight is 273 g/mol. The standard InChI is InChI=1S/C13H9BrN2/c14-11-3-7-13(8-4-11)16-12-5-1-10(9-15)2-6-12/h1-8,16H. The highest BCUT2D eigenvalue weighted by atomic mass is 79.9. The molecule has 0 saturated carbocycles. The van der Waals surface area contributed by atoms with E-state index in [0.717, 1.165) is 15.8 Å². The molecule has 0 atom stereocenters. The predicted molar refractivity (Wildman–Crippen MR) is 68.6 cm³/mol. The highest BCUT2D eigenvalue weighted by molar-refractivity contribution is 9.10. The van der Waals surface area contributed by atoms with Crippen LogP contribution < -0.4 is 5.32 Å². The van der Waals surface area contributed by atoms with Crippen molar-refractivity contribution in [2.45, 2.75) is 0 Å². The zero-order valence-electron chi connectivity index (χ0n) is 8.44. The van der Waals surface area contributed by atoms with Crippen LogP contribution in [0, 0.1) is 11.3 Å². The summed E-state index contributed by atoms with van der Waals surface area (Å²) in [5.74, 6) is 0. The van der Waals surface area contributed by atoms with Crippen LogP contribution in [-0.2, 0) is 0 Å². The van der Waals surface area contributed by atoms with Crippen molar-refractivity contribution in [3.8, 4) is 6.07 Å². The minimum absolute atomic E-state index is 0.668. The number of rotatable bonds is 2. The van der Waals surface area contributed by atoms with E-state index in [2.05, 4.69) is 27.3 Å². The van der Waals surface area contributed by atoms with E-state index in [1.165, 1.54) is 0 Å². The van der Waals surface area contributed by atoms with Crippen LogP contribution in [-0.4, -0.2) is 0 Å². The van der Waals surface area contributed by atoms with Gasteiger partial charge in [-0.2, -0.15) is 5.26 Å². The van der Waals surface area contributed by atoms with Crippen LogP contribution in [0.2, 0.25) is 0 Å². The van der Waals surface area contributed by atoms with Crippen LogP contribution >= 0.6 is 15.9 Å². The molecule has 0 bridgehead atoms. The molecule has 0 aliphatic rings. The lowest BCUT2D eigenvalue weighted by molar-refractivity contribution is 1.47. The molecule has 0 aliphatic heterocycles. The molecule has 2 aromatic rings. The maximum Gasteiger partial charge on any atom is 0.0991 e. The summed E-state index contributed by atoms with van der Waals surface area (Å²) in [5, 5.41) is 11.9. The molecule has 0 fully saturated rings. The topological polar surface area (TPSA) is 35.8 Å². The maximum absolute atomic E-state index is 8.67. The lowest BCUT2D eigenvalue weighted by Crippen LogP contribution is -1.89. The first-order chi connectivity index (χ1) is 7.78. The minimum Gasteiger partial charge on any atom is -0.356 e. The molecule has 0 spiro atoms. The molecular formula is C13H9BrN2. The number of benzene rings is 2. The highest BCUT2D eigenvalue weighted by Crippen LogP contribution is 2.19. The van der Waals surface area contributed by atoms with Gasteiger partial charge in [0.15, 0.2) is 0 Å². The van der Waals surface area contributed by atoms with Crippen LogP contribution in [0.5, 0.6) is 0 Å². The fourth-order valence-corrected chi connectivity index (χ4v) is 1.59. The first kappa shape index (κ1) is 10.7. The zero-order valence-corrected chi connectivity index (χ0v) is 10.0. The van der Waals surface area contributed by atoms with Crippen LogP contribution in [0.3, 0.4) is 0 Å². The normalized spacial score (nSPS) is 9.50. The Kier molecular flexibility index (Phi) is 3.23. The second-order valence-corrected chi connectivity index (χ2v) is 4.24. The van der Waals surface area contributed by atoms with Gasteiger partial charge in [0, 0.05) is 15.8 Å². The van der Waals surface area contributed by atoms with Gasteiger partial charge in [0.1, 0.15) is 0 Å². The van der Waals surface area contributed by atoms with E-state index in [9.17, 15) is 0 Å². The van der Waals surface area contributed by atoms with E-state index < -0.39 is 0 Å². The van der Waals surface area contributed by atoms with Crippen molar-refractivity contribution in [1.29, 1.82) is 5.26 Å². The number of nitriles is 1. The number of nitrogens with one attached hydrogen (secondary N) is 1. The van der Waals surface area contributed by atoms with E-state index in [1.54, 1.807) is 12.1 Å². The summed E-state index contributed by atoms with van der Waals surface area (Å²) in [4.78, 5) is 0. The van der Waals surface area contributed by atoms with Crippen LogP contribution in [0.25, 0.3) is 0 Å². The minimum atomic E-state index is 0.668. The molecule has 2 rings (SSSR count). The molecular weight excluding hydrogens is 264 g/mol.